The number of benzene rings is 1. The van der Waals surface area contributed by atoms with Gasteiger partial charge in [-0.25, -0.2) is 0 Å². The molecule has 1 N–H and O–H groups in total. The zero-order valence-corrected chi connectivity index (χ0v) is 13.7. The van der Waals surface area contributed by atoms with Gasteiger partial charge in [-0.1, -0.05) is 24.3 Å². The van der Waals surface area contributed by atoms with Crippen LogP contribution in [0.2, 0.25) is 0 Å². The lowest BCUT2D eigenvalue weighted by molar-refractivity contribution is 0.248. The summed E-state index contributed by atoms with van der Waals surface area (Å²) in [4.78, 5) is 2.42. The molecule has 0 bridgehead atoms. The molecular weight excluding hydrogens is 290 g/mol. The molecular formula is C17H23N5O. The Kier molecular flexibility index (Phi) is 5.02. The van der Waals surface area contributed by atoms with Crippen LogP contribution in [0.4, 0.5) is 0 Å². The summed E-state index contributed by atoms with van der Waals surface area (Å²) in [5, 5.41) is 14.3. The van der Waals surface area contributed by atoms with E-state index in [1.165, 1.54) is 11.1 Å². The molecule has 2 heterocycles. The standard InChI is InChI=1S/C17H23N5O/c1-13-6-3-7-14(2)16(13)23-11-5-10-22-9-4-8-15(12-22)17-18-20-21-19-17/h3,6-8H,4-5,9-12H2,1-2H3,(H,18,19,20,21). The van der Waals surface area contributed by atoms with Gasteiger partial charge < -0.3 is 4.74 Å². The smallest absolute Gasteiger partial charge is 0.201 e. The maximum atomic E-state index is 5.98. The van der Waals surface area contributed by atoms with Crippen LogP contribution in [0.5, 0.6) is 5.75 Å². The molecule has 0 aliphatic carbocycles. The molecule has 2 aromatic rings. The molecule has 6 nitrogen and oxygen atoms in total. The molecule has 1 aliphatic rings. The van der Waals surface area contributed by atoms with E-state index in [2.05, 4.69) is 63.6 Å². The lowest BCUT2D eigenvalue weighted by atomic mass is 10.1. The Labute approximate surface area is 136 Å². The zero-order valence-electron chi connectivity index (χ0n) is 13.7. The van der Waals surface area contributed by atoms with Crippen molar-refractivity contribution >= 4 is 5.57 Å². The molecule has 0 saturated heterocycles. The highest BCUT2D eigenvalue weighted by molar-refractivity contribution is 5.61. The number of aromatic nitrogens is 4. The molecule has 1 aromatic carbocycles. The number of aromatic amines is 1. The fraction of sp³-hybridized carbons (Fsp3) is 0.471. The van der Waals surface area contributed by atoms with Gasteiger partial charge in [0, 0.05) is 25.2 Å². The number of hydrogen-bond acceptors (Lipinski definition) is 5. The van der Waals surface area contributed by atoms with Crippen molar-refractivity contribution in [3.05, 3.63) is 41.2 Å². The van der Waals surface area contributed by atoms with Crippen LogP contribution in [0.15, 0.2) is 24.3 Å². The van der Waals surface area contributed by atoms with Gasteiger partial charge in [0.05, 0.1) is 6.61 Å². The molecule has 1 aromatic heterocycles. The molecule has 0 unspecified atom stereocenters. The second-order valence-corrected chi connectivity index (χ2v) is 5.95. The molecule has 23 heavy (non-hydrogen) atoms. The fourth-order valence-corrected chi connectivity index (χ4v) is 2.95. The van der Waals surface area contributed by atoms with E-state index >= 15 is 0 Å². The van der Waals surface area contributed by atoms with E-state index in [4.69, 9.17) is 4.74 Å². The lowest BCUT2D eigenvalue weighted by Gasteiger charge is -2.26. The summed E-state index contributed by atoms with van der Waals surface area (Å²) in [5.41, 5.74) is 3.55. The number of nitrogens with one attached hydrogen (secondary N) is 1. The van der Waals surface area contributed by atoms with Gasteiger partial charge in [0.1, 0.15) is 5.75 Å². The molecule has 0 atom stereocenters. The minimum atomic E-state index is 0.710. The average molecular weight is 313 g/mol. The third-order valence-electron chi connectivity index (χ3n) is 4.14. The number of para-hydroxylation sites is 1. The summed E-state index contributed by atoms with van der Waals surface area (Å²) in [5.74, 6) is 1.74. The van der Waals surface area contributed by atoms with E-state index in [1.54, 1.807) is 0 Å². The van der Waals surface area contributed by atoms with Gasteiger partial charge in [0.2, 0.25) is 5.82 Å². The first-order valence-corrected chi connectivity index (χ1v) is 8.08. The molecule has 0 fully saturated rings. The second-order valence-electron chi connectivity index (χ2n) is 5.95. The summed E-state index contributed by atoms with van der Waals surface area (Å²) in [7, 11) is 0. The third-order valence-corrected chi connectivity index (χ3v) is 4.14. The number of rotatable bonds is 6. The fourth-order valence-electron chi connectivity index (χ4n) is 2.95. The summed E-state index contributed by atoms with van der Waals surface area (Å²) in [6, 6.07) is 6.25. The van der Waals surface area contributed by atoms with Gasteiger partial charge in [-0.3, -0.25) is 4.90 Å². The van der Waals surface area contributed by atoms with Crippen molar-refractivity contribution in [2.75, 3.05) is 26.2 Å². The first kappa shape index (κ1) is 15.7. The van der Waals surface area contributed by atoms with Crippen LogP contribution in [-0.2, 0) is 0 Å². The molecule has 0 amide bonds. The van der Waals surface area contributed by atoms with E-state index in [0.717, 1.165) is 50.4 Å². The van der Waals surface area contributed by atoms with Gasteiger partial charge in [-0.2, -0.15) is 5.21 Å². The van der Waals surface area contributed by atoms with Gasteiger partial charge in [0.15, 0.2) is 0 Å². The molecule has 122 valence electrons. The molecule has 1 aliphatic heterocycles. The van der Waals surface area contributed by atoms with E-state index in [-0.39, 0.29) is 0 Å². The predicted octanol–water partition coefficient (Wildman–Crippen LogP) is 2.37. The average Bonchev–Trinajstić information content (AvgIpc) is 3.08. The third kappa shape index (κ3) is 3.96. The Balaban J connectivity index is 1.45. The first-order chi connectivity index (χ1) is 11.2. The van der Waals surface area contributed by atoms with E-state index in [1.807, 2.05) is 0 Å². The second kappa shape index (κ2) is 7.37. The Hall–Kier alpha value is -2.21. The van der Waals surface area contributed by atoms with Crippen molar-refractivity contribution in [2.24, 2.45) is 0 Å². The Morgan fingerprint density at radius 3 is 2.83 bits per heavy atom. The molecule has 0 saturated carbocycles. The summed E-state index contributed by atoms with van der Waals surface area (Å²) >= 11 is 0. The number of hydrogen-bond donors (Lipinski definition) is 1. The maximum Gasteiger partial charge on any atom is 0.201 e. The summed E-state index contributed by atoms with van der Waals surface area (Å²) < 4.78 is 5.98. The van der Waals surface area contributed by atoms with Crippen LogP contribution in [-0.4, -0.2) is 51.8 Å². The first-order valence-electron chi connectivity index (χ1n) is 8.08. The SMILES string of the molecule is Cc1cccc(C)c1OCCCN1CCC=C(c2nn[nH]n2)C1. The van der Waals surface area contributed by atoms with Crippen LogP contribution in [0, 0.1) is 13.8 Å². The number of H-pyrrole nitrogens is 1. The van der Waals surface area contributed by atoms with Crippen LogP contribution in [0.1, 0.15) is 29.8 Å². The van der Waals surface area contributed by atoms with Crippen molar-refractivity contribution in [1.29, 1.82) is 0 Å². The van der Waals surface area contributed by atoms with Crippen LogP contribution in [0.3, 0.4) is 0 Å². The number of ether oxygens (including phenoxy) is 1. The highest BCUT2D eigenvalue weighted by Gasteiger charge is 2.16. The van der Waals surface area contributed by atoms with E-state index in [0.29, 0.717) is 5.82 Å². The normalized spacial score (nSPS) is 15.5. The molecule has 3 rings (SSSR count). The van der Waals surface area contributed by atoms with Gasteiger partial charge in [-0.05, 0) is 43.0 Å². The monoisotopic (exact) mass is 313 g/mol. The van der Waals surface area contributed by atoms with Crippen LogP contribution >= 0.6 is 0 Å². The largest absolute Gasteiger partial charge is 0.493 e. The van der Waals surface area contributed by atoms with Crippen LogP contribution in [0.25, 0.3) is 5.57 Å². The summed E-state index contributed by atoms with van der Waals surface area (Å²) in [6.07, 6.45) is 4.24. The summed E-state index contributed by atoms with van der Waals surface area (Å²) in [6.45, 7) is 7.89. The number of tetrazole rings is 1. The number of nitrogens with zero attached hydrogens (tertiary/aromatic N) is 4. The lowest BCUT2D eigenvalue weighted by Crippen LogP contribution is -2.31. The number of aryl methyl sites for hydroxylation is 2. The Bertz CT molecular complexity index is 645. The Morgan fingerprint density at radius 1 is 1.26 bits per heavy atom. The van der Waals surface area contributed by atoms with Gasteiger partial charge in [-0.15, -0.1) is 10.2 Å². The molecule has 0 radical (unpaired) electrons. The minimum absolute atomic E-state index is 0.710. The van der Waals surface area contributed by atoms with E-state index < -0.39 is 0 Å². The van der Waals surface area contributed by atoms with E-state index in [9.17, 15) is 0 Å². The van der Waals surface area contributed by atoms with Crippen molar-refractivity contribution in [2.45, 2.75) is 26.7 Å². The minimum Gasteiger partial charge on any atom is -0.493 e. The van der Waals surface area contributed by atoms with Crippen molar-refractivity contribution < 1.29 is 4.74 Å². The van der Waals surface area contributed by atoms with Crippen molar-refractivity contribution in [3.63, 3.8) is 0 Å². The maximum absolute atomic E-state index is 5.98. The quantitative estimate of drug-likeness (QED) is 0.829. The van der Waals surface area contributed by atoms with Crippen molar-refractivity contribution in [1.82, 2.24) is 25.5 Å². The van der Waals surface area contributed by atoms with Crippen LogP contribution < -0.4 is 4.74 Å². The van der Waals surface area contributed by atoms with Gasteiger partial charge >= 0.3 is 0 Å². The highest BCUT2D eigenvalue weighted by atomic mass is 16.5. The topological polar surface area (TPSA) is 66.9 Å². The highest BCUT2D eigenvalue weighted by Crippen LogP contribution is 2.22. The predicted molar refractivity (Wildman–Crippen MR) is 89.2 cm³/mol. The molecule has 0 spiro atoms. The van der Waals surface area contributed by atoms with Crippen molar-refractivity contribution in [3.8, 4) is 5.75 Å². The zero-order chi connectivity index (χ0) is 16.1. The van der Waals surface area contributed by atoms with Gasteiger partial charge in [0.25, 0.3) is 0 Å². The Morgan fingerprint density at radius 2 is 2.09 bits per heavy atom. The molecule has 6 heteroatoms.